The van der Waals surface area contributed by atoms with Gasteiger partial charge in [0.25, 0.3) is 0 Å². The zero-order valence-corrected chi connectivity index (χ0v) is 15.5. The Morgan fingerprint density at radius 2 is 1.96 bits per heavy atom. The van der Waals surface area contributed by atoms with Gasteiger partial charge in [-0.15, -0.1) is 5.10 Å². The normalized spacial score (nSPS) is 17.7. The highest BCUT2D eigenvalue weighted by Crippen LogP contribution is 2.30. The molecule has 5 nitrogen and oxygen atoms in total. The molecule has 2 aromatic rings. The third-order valence-electron chi connectivity index (χ3n) is 3.65. The smallest absolute Gasteiger partial charge is 0.206 e. The molecule has 1 aliphatic heterocycles. The lowest BCUT2D eigenvalue weighted by molar-refractivity contribution is -0.112. The molecule has 1 N–H and O–H groups in total. The molecular formula is C17H16BrClN4O. The van der Waals surface area contributed by atoms with Crippen molar-refractivity contribution in [2.24, 2.45) is 5.10 Å². The summed E-state index contributed by atoms with van der Waals surface area (Å²) in [5, 5.41) is 8.64. The van der Waals surface area contributed by atoms with Crippen molar-refractivity contribution >= 4 is 44.8 Å². The summed E-state index contributed by atoms with van der Waals surface area (Å²) in [4.78, 5) is 11.9. The van der Waals surface area contributed by atoms with E-state index in [1.54, 1.807) is 29.2 Å². The molecule has 24 heavy (non-hydrogen) atoms. The average molecular weight is 408 g/mol. The van der Waals surface area contributed by atoms with Gasteiger partial charge in [0, 0.05) is 23.5 Å². The van der Waals surface area contributed by atoms with E-state index >= 15 is 0 Å². The number of benzene rings is 2. The highest BCUT2D eigenvalue weighted by Gasteiger charge is 2.30. The van der Waals surface area contributed by atoms with Crippen molar-refractivity contribution in [1.82, 2.24) is 10.4 Å². The molecule has 0 spiro atoms. The molecule has 124 valence electrons. The Balaban J connectivity index is 2.08. The van der Waals surface area contributed by atoms with Crippen molar-refractivity contribution in [1.29, 1.82) is 0 Å². The lowest BCUT2D eigenvalue weighted by Gasteiger charge is -2.39. The fourth-order valence-corrected chi connectivity index (χ4v) is 3.07. The molecule has 7 heteroatoms. The van der Waals surface area contributed by atoms with E-state index in [-0.39, 0.29) is 11.9 Å². The summed E-state index contributed by atoms with van der Waals surface area (Å²) in [5.41, 5.74) is 5.16. The predicted molar refractivity (Wildman–Crippen MR) is 99.8 cm³/mol. The Labute approximate surface area is 154 Å². The molecular weight excluding hydrogens is 392 g/mol. The van der Waals surface area contributed by atoms with Gasteiger partial charge in [0.05, 0.1) is 5.69 Å². The van der Waals surface area contributed by atoms with E-state index in [1.165, 1.54) is 6.92 Å². The van der Waals surface area contributed by atoms with Gasteiger partial charge >= 0.3 is 0 Å². The highest BCUT2D eigenvalue weighted by molar-refractivity contribution is 9.10. The van der Waals surface area contributed by atoms with Gasteiger partial charge in [-0.05, 0) is 42.0 Å². The molecule has 0 aliphatic carbocycles. The van der Waals surface area contributed by atoms with Crippen molar-refractivity contribution < 1.29 is 4.79 Å². The monoisotopic (exact) mass is 406 g/mol. The summed E-state index contributed by atoms with van der Waals surface area (Å²) in [6.45, 7) is 1.50. The number of nitrogens with zero attached hydrogens (tertiary/aromatic N) is 3. The number of Topliss-reactive ketones (excluding diaryl/α,β-unsaturated/α-hetero) is 1. The Bertz CT molecular complexity index is 793. The lowest BCUT2D eigenvalue weighted by Crippen LogP contribution is -2.54. The van der Waals surface area contributed by atoms with Crippen LogP contribution in [0.1, 0.15) is 18.7 Å². The van der Waals surface area contributed by atoms with Crippen molar-refractivity contribution in [2.45, 2.75) is 13.1 Å². The fourth-order valence-electron chi connectivity index (χ4n) is 2.53. The van der Waals surface area contributed by atoms with E-state index < -0.39 is 0 Å². The minimum absolute atomic E-state index is 0.114. The molecule has 1 atom stereocenters. The van der Waals surface area contributed by atoms with Crippen LogP contribution >= 0.6 is 27.5 Å². The number of hydrogen-bond acceptors (Lipinski definition) is 5. The Morgan fingerprint density at radius 1 is 1.25 bits per heavy atom. The molecule has 0 aromatic heterocycles. The van der Waals surface area contributed by atoms with Crippen LogP contribution in [0, 0.1) is 0 Å². The second-order valence-corrected chi connectivity index (χ2v) is 6.80. The van der Waals surface area contributed by atoms with Gasteiger partial charge in [-0.2, -0.15) is 0 Å². The number of halogens is 2. The maximum atomic E-state index is 11.9. The molecule has 0 bridgehead atoms. The minimum Gasteiger partial charge on any atom is -0.291 e. The van der Waals surface area contributed by atoms with Crippen LogP contribution in [0.5, 0.6) is 0 Å². The number of ketones is 1. The number of hydrazine groups is 1. The number of anilines is 1. The molecule has 0 unspecified atom stereocenters. The number of rotatable bonds is 3. The van der Waals surface area contributed by atoms with Gasteiger partial charge in [-0.3, -0.25) is 9.80 Å². The zero-order chi connectivity index (χ0) is 17.3. The van der Waals surface area contributed by atoms with E-state index in [0.29, 0.717) is 10.9 Å². The summed E-state index contributed by atoms with van der Waals surface area (Å²) in [7, 11) is 1.78. The van der Waals surface area contributed by atoms with Crippen molar-refractivity contribution in [2.75, 3.05) is 12.1 Å². The topological polar surface area (TPSA) is 47.9 Å². The van der Waals surface area contributed by atoms with Crippen molar-refractivity contribution in [3.63, 3.8) is 0 Å². The number of hydrazone groups is 1. The molecule has 2 aromatic carbocycles. The Hall–Kier alpha value is -1.89. The number of hydrogen-bond donors (Lipinski definition) is 1. The van der Waals surface area contributed by atoms with Gasteiger partial charge in [0.2, 0.25) is 5.84 Å². The number of carbonyl (C=O) groups excluding carboxylic acids is 1. The second kappa shape index (κ2) is 6.93. The average Bonchev–Trinajstić information content (AvgIpc) is 2.55. The van der Waals surface area contributed by atoms with Crippen LogP contribution in [0.2, 0.25) is 5.02 Å². The number of amidine groups is 1. The molecule has 0 saturated heterocycles. The third kappa shape index (κ3) is 3.45. The van der Waals surface area contributed by atoms with Gasteiger partial charge in [0.15, 0.2) is 5.78 Å². The van der Waals surface area contributed by atoms with Crippen molar-refractivity contribution in [3.05, 3.63) is 63.6 Å². The lowest BCUT2D eigenvalue weighted by atomic mass is 10.1. The highest BCUT2D eigenvalue weighted by atomic mass is 79.9. The molecule has 3 rings (SSSR count). The first-order valence-corrected chi connectivity index (χ1v) is 8.52. The van der Waals surface area contributed by atoms with E-state index in [0.717, 1.165) is 15.7 Å². The SMILES string of the molecule is CC(=O)C1=NN(c2ccc(Cl)cc2)[C@H](c2cccc(Br)c2)NN1C. The zero-order valence-electron chi connectivity index (χ0n) is 13.2. The van der Waals surface area contributed by atoms with E-state index in [9.17, 15) is 4.79 Å². The minimum atomic E-state index is -0.253. The Morgan fingerprint density at radius 3 is 2.58 bits per heavy atom. The van der Waals surface area contributed by atoms with E-state index in [2.05, 4.69) is 26.5 Å². The van der Waals surface area contributed by atoms with E-state index in [4.69, 9.17) is 11.6 Å². The predicted octanol–water partition coefficient (Wildman–Crippen LogP) is 3.96. The molecule has 0 fully saturated rings. The maximum absolute atomic E-state index is 11.9. The summed E-state index contributed by atoms with van der Waals surface area (Å²) >= 11 is 9.49. The first-order chi connectivity index (χ1) is 11.5. The summed E-state index contributed by atoms with van der Waals surface area (Å²) in [6.07, 6.45) is -0.253. The van der Waals surface area contributed by atoms with Crippen LogP contribution in [0.3, 0.4) is 0 Å². The molecule has 1 heterocycles. The summed E-state index contributed by atoms with van der Waals surface area (Å²) in [5.74, 6) is 0.229. The van der Waals surface area contributed by atoms with Gasteiger partial charge < -0.3 is 0 Å². The second-order valence-electron chi connectivity index (χ2n) is 5.45. The van der Waals surface area contributed by atoms with Crippen molar-refractivity contribution in [3.8, 4) is 0 Å². The fraction of sp³-hybridized carbons (Fsp3) is 0.176. The number of nitrogens with one attached hydrogen (secondary N) is 1. The van der Waals surface area contributed by atoms with Crippen LogP contribution in [-0.4, -0.2) is 23.7 Å². The first kappa shape index (κ1) is 17.0. The summed E-state index contributed by atoms with van der Waals surface area (Å²) < 4.78 is 0.974. The van der Waals surface area contributed by atoms with Gasteiger partial charge in [0.1, 0.15) is 6.17 Å². The molecule has 0 amide bonds. The van der Waals surface area contributed by atoms with Crippen LogP contribution < -0.4 is 10.4 Å². The van der Waals surface area contributed by atoms with Crippen LogP contribution in [0.25, 0.3) is 0 Å². The summed E-state index contributed by atoms with van der Waals surface area (Å²) in [6, 6.07) is 15.3. The molecule has 0 radical (unpaired) electrons. The van der Waals surface area contributed by atoms with E-state index in [1.807, 2.05) is 36.4 Å². The first-order valence-electron chi connectivity index (χ1n) is 7.35. The molecule has 0 saturated carbocycles. The van der Waals surface area contributed by atoms with Crippen LogP contribution in [0.15, 0.2) is 58.1 Å². The quantitative estimate of drug-likeness (QED) is 0.836. The number of carbonyl (C=O) groups is 1. The Kier molecular flexibility index (Phi) is 4.89. The third-order valence-corrected chi connectivity index (χ3v) is 4.40. The standard InChI is InChI=1S/C17H16BrClN4O/c1-11(24)16-21-23(15-8-6-14(19)7-9-15)17(20-22(16)2)12-4-3-5-13(18)10-12/h3-10,17,20H,1-2H3/t17-/m1/s1. The van der Waals surface area contributed by atoms with Gasteiger partial charge in [-0.1, -0.05) is 39.7 Å². The molecule has 1 aliphatic rings. The van der Waals surface area contributed by atoms with Crippen LogP contribution in [0.4, 0.5) is 5.69 Å². The van der Waals surface area contributed by atoms with Gasteiger partial charge in [-0.25, -0.2) is 10.4 Å². The number of likely N-dealkylation sites (N-methyl/N-ethyl adjacent to an activating group) is 1. The maximum Gasteiger partial charge on any atom is 0.206 e. The largest absolute Gasteiger partial charge is 0.291 e. The van der Waals surface area contributed by atoms with Crippen LogP contribution in [-0.2, 0) is 4.79 Å².